The van der Waals surface area contributed by atoms with E-state index in [1.54, 1.807) is 32.4 Å². The quantitative estimate of drug-likeness (QED) is 0.191. The van der Waals surface area contributed by atoms with Gasteiger partial charge in [0.2, 0.25) is 0 Å². The predicted octanol–water partition coefficient (Wildman–Crippen LogP) is 4.27. The number of rotatable bonds is 10. The number of methoxy groups -OCH3 is 1. The molecule has 0 aliphatic rings. The third-order valence-electron chi connectivity index (χ3n) is 4.24. The zero-order valence-electron chi connectivity index (χ0n) is 18.4. The Kier molecular flexibility index (Phi) is 12.5. The van der Waals surface area contributed by atoms with E-state index in [0.717, 1.165) is 11.1 Å². The Balaban J connectivity index is 0.00000544. The van der Waals surface area contributed by atoms with Gasteiger partial charge in [-0.05, 0) is 28.8 Å². The van der Waals surface area contributed by atoms with Crippen molar-refractivity contribution < 1.29 is 27.4 Å². The molecule has 10 heteroatoms. The lowest BCUT2D eigenvalue weighted by Crippen LogP contribution is -2.36. The van der Waals surface area contributed by atoms with Gasteiger partial charge in [-0.3, -0.25) is 4.99 Å². The van der Waals surface area contributed by atoms with Crippen LogP contribution >= 0.6 is 24.0 Å². The molecular formula is C23H27F3IN3O3. The van der Waals surface area contributed by atoms with Gasteiger partial charge in [0.05, 0.1) is 13.7 Å². The molecule has 0 aliphatic heterocycles. The molecule has 180 valence electrons. The molecule has 0 saturated heterocycles. The first-order chi connectivity index (χ1) is 15.3. The van der Waals surface area contributed by atoms with Gasteiger partial charge in [-0.25, -0.2) is 0 Å². The number of aliphatic imine (C=N–C) groups is 1. The molecule has 0 radical (unpaired) electrons. The van der Waals surface area contributed by atoms with E-state index < -0.39 is 12.8 Å². The highest BCUT2D eigenvalue weighted by molar-refractivity contribution is 14.0. The monoisotopic (exact) mass is 577 g/mol. The number of guanidine groups is 1. The second-order valence-corrected chi connectivity index (χ2v) is 6.68. The van der Waals surface area contributed by atoms with Gasteiger partial charge in [0.1, 0.15) is 13.2 Å². The minimum absolute atomic E-state index is 0. The fourth-order valence-corrected chi connectivity index (χ4v) is 2.69. The van der Waals surface area contributed by atoms with E-state index >= 15 is 0 Å². The molecule has 2 rings (SSSR count). The molecule has 2 aromatic carbocycles. The van der Waals surface area contributed by atoms with Gasteiger partial charge in [-0.15, -0.1) is 30.4 Å². The second kappa shape index (κ2) is 14.5. The van der Waals surface area contributed by atoms with Gasteiger partial charge < -0.3 is 24.8 Å². The minimum atomic E-state index is -4.32. The molecule has 0 unspecified atom stereocenters. The summed E-state index contributed by atoms with van der Waals surface area (Å²) in [4.78, 5) is 4.19. The van der Waals surface area contributed by atoms with Crippen LogP contribution in [0.5, 0.6) is 11.5 Å². The molecule has 2 N–H and O–H groups in total. The summed E-state index contributed by atoms with van der Waals surface area (Å²) >= 11 is 0. The summed E-state index contributed by atoms with van der Waals surface area (Å²) in [5.74, 6) is 4.17. The molecule has 0 bridgehead atoms. The van der Waals surface area contributed by atoms with E-state index in [2.05, 4.69) is 26.3 Å². The summed E-state index contributed by atoms with van der Waals surface area (Å²) in [7, 11) is 3.22. The van der Waals surface area contributed by atoms with Gasteiger partial charge in [-0.1, -0.05) is 36.3 Å². The average Bonchev–Trinajstić information content (AvgIpc) is 2.78. The average molecular weight is 577 g/mol. The van der Waals surface area contributed by atoms with Gasteiger partial charge in [0.15, 0.2) is 17.5 Å². The highest BCUT2D eigenvalue weighted by Gasteiger charge is 2.27. The highest BCUT2D eigenvalue weighted by Crippen LogP contribution is 2.28. The zero-order valence-corrected chi connectivity index (χ0v) is 20.7. The van der Waals surface area contributed by atoms with Crippen molar-refractivity contribution in [2.75, 3.05) is 27.4 Å². The minimum Gasteiger partial charge on any atom is -0.493 e. The maximum atomic E-state index is 12.1. The first kappa shape index (κ1) is 28.4. The van der Waals surface area contributed by atoms with E-state index in [-0.39, 0.29) is 37.2 Å². The van der Waals surface area contributed by atoms with E-state index in [1.807, 2.05) is 24.3 Å². The third-order valence-corrected chi connectivity index (χ3v) is 4.24. The first-order valence-electron chi connectivity index (χ1n) is 9.74. The van der Waals surface area contributed by atoms with Gasteiger partial charge in [0.25, 0.3) is 0 Å². The van der Waals surface area contributed by atoms with Gasteiger partial charge >= 0.3 is 6.18 Å². The van der Waals surface area contributed by atoms with Crippen LogP contribution in [0, 0.1) is 12.3 Å². The molecule has 6 nitrogen and oxygen atoms in total. The van der Waals surface area contributed by atoms with Crippen molar-refractivity contribution in [3.05, 3.63) is 59.2 Å². The summed E-state index contributed by atoms with van der Waals surface area (Å²) in [6.07, 6.45) is 0.925. The maximum absolute atomic E-state index is 12.1. The smallest absolute Gasteiger partial charge is 0.411 e. The van der Waals surface area contributed by atoms with E-state index in [0.29, 0.717) is 36.1 Å². The first-order valence-corrected chi connectivity index (χ1v) is 9.74. The van der Waals surface area contributed by atoms with E-state index in [1.165, 1.54) is 0 Å². The number of alkyl halides is 3. The molecule has 33 heavy (non-hydrogen) atoms. The molecule has 0 aromatic heterocycles. The fourth-order valence-electron chi connectivity index (χ4n) is 2.69. The summed E-state index contributed by atoms with van der Waals surface area (Å²) < 4.78 is 51.9. The molecule has 0 amide bonds. The highest BCUT2D eigenvalue weighted by atomic mass is 127. The van der Waals surface area contributed by atoms with Crippen LogP contribution in [-0.4, -0.2) is 39.5 Å². The number of halogens is 4. The van der Waals surface area contributed by atoms with Crippen LogP contribution in [0.4, 0.5) is 13.2 Å². The fraction of sp³-hybridized carbons (Fsp3) is 0.348. The van der Waals surface area contributed by atoms with Crippen molar-refractivity contribution in [1.82, 2.24) is 10.6 Å². The number of nitrogens with one attached hydrogen (secondary N) is 2. The van der Waals surface area contributed by atoms with Crippen LogP contribution in [0.1, 0.15) is 16.7 Å². The molecule has 0 fully saturated rings. The summed E-state index contributed by atoms with van der Waals surface area (Å²) in [6, 6.07) is 12.7. The maximum Gasteiger partial charge on any atom is 0.411 e. The summed E-state index contributed by atoms with van der Waals surface area (Å²) in [5.41, 5.74) is 2.56. The SMILES string of the molecule is C#CCOc1cc(CNC(=NC)NCc2ccc(COCC(F)(F)F)cc2)ccc1OC.I. The number of hydrogen-bond donors (Lipinski definition) is 2. The van der Waals surface area contributed by atoms with Crippen molar-refractivity contribution in [1.29, 1.82) is 0 Å². The van der Waals surface area contributed by atoms with Crippen molar-refractivity contribution >= 4 is 29.9 Å². The van der Waals surface area contributed by atoms with E-state index in [9.17, 15) is 13.2 Å². The summed E-state index contributed by atoms with van der Waals surface area (Å²) in [6.45, 7) is -0.229. The molecule has 0 saturated carbocycles. The van der Waals surface area contributed by atoms with Crippen molar-refractivity contribution in [3.8, 4) is 23.8 Å². The molecule has 0 heterocycles. The lowest BCUT2D eigenvalue weighted by atomic mass is 10.1. The Hall–Kier alpha value is -2.65. The van der Waals surface area contributed by atoms with Crippen LogP contribution < -0.4 is 20.1 Å². The van der Waals surface area contributed by atoms with Crippen LogP contribution in [0.25, 0.3) is 0 Å². The molecule has 2 aromatic rings. The van der Waals surface area contributed by atoms with Crippen LogP contribution in [0.15, 0.2) is 47.5 Å². The van der Waals surface area contributed by atoms with Crippen LogP contribution in [0.2, 0.25) is 0 Å². The van der Waals surface area contributed by atoms with Crippen molar-refractivity contribution in [2.45, 2.75) is 25.9 Å². The summed E-state index contributed by atoms with van der Waals surface area (Å²) in [5, 5.41) is 6.39. The number of nitrogens with zero attached hydrogens (tertiary/aromatic N) is 1. The largest absolute Gasteiger partial charge is 0.493 e. The second-order valence-electron chi connectivity index (χ2n) is 6.68. The Morgan fingerprint density at radius 2 is 1.61 bits per heavy atom. The third kappa shape index (κ3) is 10.7. The molecule has 0 spiro atoms. The number of ether oxygens (including phenoxy) is 3. The van der Waals surface area contributed by atoms with Gasteiger partial charge in [-0.2, -0.15) is 13.2 Å². The van der Waals surface area contributed by atoms with Crippen LogP contribution in [-0.2, 0) is 24.4 Å². The lowest BCUT2D eigenvalue weighted by molar-refractivity contribution is -0.176. The van der Waals surface area contributed by atoms with E-state index in [4.69, 9.17) is 15.9 Å². The zero-order chi connectivity index (χ0) is 23.4. The topological polar surface area (TPSA) is 64.1 Å². The Bertz CT molecular complexity index is 929. The lowest BCUT2D eigenvalue weighted by Gasteiger charge is -2.14. The predicted molar refractivity (Wildman–Crippen MR) is 132 cm³/mol. The molecule has 0 aliphatic carbocycles. The number of benzene rings is 2. The standard InChI is InChI=1S/C23H26F3N3O3.HI/c1-4-11-32-21-12-19(9-10-20(21)30-3)14-29-22(27-2)28-13-17-5-7-18(8-6-17)15-31-16-23(24,25)26;/h1,5-10,12H,11,13-16H2,2-3H3,(H2,27,28,29);1H. The van der Waals surface area contributed by atoms with Gasteiger partial charge in [0, 0.05) is 20.1 Å². The normalized spacial score (nSPS) is 11.2. The van der Waals surface area contributed by atoms with Crippen molar-refractivity contribution in [2.24, 2.45) is 4.99 Å². The molecular weight excluding hydrogens is 550 g/mol. The molecule has 0 atom stereocenters. The van der Waals surface area contributed by atoms with Crippen molar-refractivity contribution in [3.63, 3.8) is 0 Å². The number of hydrogen-bond acceptors (Lipinski definition) is 4. The Labute approximate surface area is 208 Å². The van der Waals surface area contributed by atoms with Crippen LogP contribution in [0.3, 0.4) is 0 Å². The Morgan fingerprint density at radius 3 is 2.18 bits per heavy atom. The Morgan fingerprint density at radius 1 is 1.00 bits per heavy atom. The number of terminal acetylenes is 1.